The molecule has 1 fully saturated rings. The van der Waals surface area contributed by atoms with Gasteiger partial charge in [0.15, 0.2) is 22.6 Å². The summed E-state index contributed by atoms with van der Waals surface area (Å²) in [6.07, 6.45) is -2.29. The third-order valence-electron chi connectivity index (χ3n) is 6.29. The highest BCUT2D eigenvalue weighted by Gasteiger charge is 2.55. The predicted octanol–water partition coefficient (Wildman–Crippen LogP) is 4.86. The van der Waals surface area contributed by atoms with E-state index < -0.39 is 67.0 Å². The van der Waals surface area contributed by atoms with Gasteiger partial charge in [0.25, 0.3) is 5.56 Å². The molecule has 1 N–H and O–H groups in total. The summed E-state index contributed by atoms with van der Waals surface area (Å²) in [6, 6.07) is 1.02. The summed E-state index contributed by atoms with van der Waals surface area (Å²) in [5, 5.41) is 3.31. The van der Waals surface area contributed by atoms with Crippen LogP contribution in [0.4, 0.5) is 4.39 Å². The number of H-pyrrole nitrogens is 1. The van der Waals surface area contributed by atoms with Gasteiger partial charge in [-0.15, -0.1) is 0 Å². The molecule has 14 nitrogen and oxygen atoms in total. The number of rotatable bonds is 14. The molecule has 0 spiro atoms. The van der Waals surface area contributed by atoms with Gasteiger partial charge >= 0.3 is 13.5 Å². The number of aromatic nitrogens is 2. The van der Waals surface area contributed by atoms with Gasteiger partial charge in [0.1, 0.15) is 5.60 Å². The fourth-order valence-electron chi connectivity index (χ4n) is 3.63. The van der Waals surface area contributed by atoms with Crippen molar-refractivity contribution >= 4 is 41.6 Å². The van der Waals surface area contributed by atoms with Gasteiger partial charge in [0.2, 0.25) is 0 Å². The monoisotopic (exact) mass is 667 g/mol. The Kier molecular flexibility index (Phi) is 13.3. The number of nitrogens with one attached hydrogen (secondary N) is 1. The number of carbonyl (C=O) groups is 2. The Labute approximate surface area is 257 Å². The van der Waals surface area contributed by atoms with Gasteiger partial charge in [-0.3, -0.25) is 37.5 Å². The zero-order chi connectivity index (χ0) is 32.6. The maximum absolute atomic E-state index is 15.6. The zero-order valence-corrected chi connectivity index (χ0v) is 27.8. The number of ether oxygens (including phenoxy) is 1. The van der Waals surface area contributed by atoms with E-state index in [0.717, 1.165) is 40.4 Å². The maximum Gasteiger partial charge on any atom is 0.474 e. The van der Waals surface area contributed by atoms with Crippen LogP contribution in [-0.4, -0.2) is 69.4 Å². The molecule has 0 aliphatic carbocycles. The Hall–Kier alpha value is -1.97. The number of aromatic amines is 1. The lowest BCUT2D eigenvalue weighted by Crippen LogP contribution is -2.44. The second-order valence-electron chi connectivity index (χ2n) is 11.9. The number of carbonyl (C=O) groups excluding carboxylic acids is 2. The first-order chi connectivity index (χ1) is 19.8. The number of nitrogens with zero attached hydrogens (tertiary/aromatic N) is 4. The minimum atomic E-state index is -4.40. The van der Waals surface area contributed by atoms with Crippen molar-refractivity contribution in [1.82, 2.24) is 9.55 Å². The molecular formula is C25H39FN5O9PS2. The van der Waals surface area contributed by atoms with Gasteiger partial charge in [-0.05, 0) is 5.53 Å². The van der Waals surface area contributed by atoms with Crippen molar-refractivity contribution in [3.8, 4) is 0 Å². The van der Waals surface area contributed by atoms with Crippen molar-refractivity contribution in [2.24, 2.45) is 21.9 Å². The lowest BCUT2D eigenvalue weighted by molar-refractivity contribution is -0.118. The van der Waals surface area contributed by atoms with E-state index >= 15 is 4.39 Å². The molecule has 1 aromatic rings. The van der Waals surface area contributed by atoms with Crippen LogP contribution in [0.15, 0.2) is 27.0 Å². The molecule has 2 heterocycles. The van der Waals surface area contributed by atoms with Crippen LogP contribution in [0.2, 0.25) is 0 Å². The molecule has 1 aromatic heterocycles. The van der Waals surface area contributed by atoms with Crippen molar-refractivity contribution in [2.45, 2.75) is 66.5 Å². The minimum absolute atomic E-state index is 0.108. The fourth-order valence-corrected chi connectivity index (χ4v) is 6.68. The first-order valence-corrected chi connectivity index (χ1v) is 16.8. The van der Waals surface area contributed by atoms with Gasteiger partial charge in [0.05, 0.1) is 26.4 Å². The van der Waals surface area contributed by atoms with Gasteiger partial charge in [-0.1, -0.05) is 77.1 Å². The van der Waals surface area contributed by atoms with Crippen molar-refractivity contribution in [3.05, 3.63) is 43.5 Å². The van der Waals surface area contributed by atoms with Gasteiger partial charge in [0, 0.05) is 45.4 Å². The van der Waals surface area contributed by atoms with Crippen LogP contribution in [0.5, 0.6) is 0 Å². The molecule has 0 radical (unpaired) electrons. The Morgan fingerprint density at radius 1 is 1.12 bits per heavy atom. The molecule has 18 heteroatoms. The standard InChI is InChI=1S/C25H39FN5O9PS2/c1-16-18(26)19(31-9-8-17(32)29-22(31)35)40-25(16,14-28-30-27)15-39-41(36,37-10-12-42-20(33)23(2,3)4)38-11-13-43-21(34)24(5,6)7/h8-9,16,18-19H,10-15H2,1-7H3,(H,29,32,35)/t16-,18+,19+,25+/m0/s1. The van der Waals surface area contributed by atoms with E-state index in [4.69, 9.17) is 23.8 Å². The maximum atomic E-state index is 15.6. The molecular weight excluding hydrogens is 628 g/mol. The normalized spacial score (nSPS) is 22.7. The van der Waals surface area contributed by atoms with Gasteiger partial charge in [-0.2, -0.15) is 0 Å². The number of hydrogen-bond donors (Lipinski definition) is 1. The Bertz CT molecular complexity index is 1320. The third kappa shape index (κ3) is 10.6. The minimum Gasteiger partial charge on any atom is -0.345 e. The highest BCUT2D eigenvalue weighted by molar-refractivity contribution is 8.14. The number of halogens is 1. The van der Waals surface area contributed by atoms with Crippen LogP contribution in [0.25, 0.3) is 10.4 Å². The zero-order valence-electron chi connectivity index (χ0n) is 25.2. The molecule has 242 valence electrons. The lowest BCUT2D eigenvalue weighted by Gasteiger charge is -2.32. The number of phosphoric acid groups is 1. The molecule has 4 atom stereocenters. The van der Waals surface area contributed by atoms with Crippen LogP contribution in [-0.2, 0) is 32.5 Å². The van der Waals surface area contributed by atoms with E-state index in [9.17, 15) is 23.7 Å². The van der Waals surface area contributed by atoms with Crippen LogP contribution in [0, 0.1) is 16.7 Å². The molecule has 1 aliphatic heterocycles. The average molecular weight is 668 g/mol. The van der Waals surface area contributed by atoms with E-state index in [-0.39, 0.29) is 35.0 Å². The van der Waals surface area contributed by atoms with Crippen LogP contribution in [0.3, 0.4) is 0 Å². The molecule has 0 amide bonds. The quantitative estimate of drug-likeness (QED) is 0.0937. The van der Waals surface area contributed by atoms with Crippen LogP contribution < -0.4 is 11.2 Å². The largest absolute Gasteiger partial charge is 0.474 e. The SMILES string of the molecule is C[C@H]1[C@@H](F)[C@H](n2ccc(=O)[nH]c2=O)O[C@]1(CN=[N+]=[N-])COP(=O)(OCCSC(=O)C(C)(C)C)OCCSC(=O)C(C)(C)C. The average Bonchev–Trinajstić information content (AvgIpc) is 3.15. The van der Waals surface area contributed by atoms with E-state index in [2.05, 4.69) is 10.0 Å². The van der Waals surface area contributed by atoms with E-state index in [1.807, 2.05) is 4.98 Å². The first kappa shape index (κ1) is 37.2. The molecule has 2 rings (SSSR count). The van der Waals surface area contributed by atoms with Gasteiger partial charge < -0.3 is 4.74 Å². The fraction of sp³-hybridized carbons (Fsp3) is 0.760. The second kappa shape index (κ2) is 15.3. The summed E-state index contributed by atoms with van der Waals surface area (Å²) < 4.78 is 52.6. The van der Waals surface area contributed by atoms with E-state index in [1.165, 1.54) is 6.92 Å². The number of azide groups is 1. The van der Waals surface area contributed by atoms with Crippen molar-refractivity contribution < 1.29 is 36.9 Å². The summed E-state index contributed by atoms with van der Waals surface area (Å²) >= 11 is 1.96. The van der Waals surface area contributed by atoms with Crippen molar-refractivity contribution in [1.29, 1.82) is 0 Å². The van der Waals surface area contributed by atoms with E-state index in [1.54, 1.807) is 41.5 Å². The number of phosphoric ester groups is 1. The molecule has 0 unspecified atom stereocenters. The number of thioether (sulfide) groups is 2. The van der Waals surface area contributed by atoms with Crippen LogP contribution >= 0.6 is 31.3 Å². The van der Waals surface area contributed by atoms with E-state index in [0.29, 0.717) is 0 Å². The third-order valence-corrected chi connectivity index (χ3v) is 10.2. The summed E-state index contributed by atoms with van der Waals surface area (Å²) in [5.74, 6) is -0.801. The number of alkyl halides is 1. The Balaban J connectivity index is 2.25. The van der Waals surface area contributed by atoms with Crippen LogP contribution in [0.1, 0.15) is 54.7 Å². The molecule has 0 saturated carbocycles. The van der Waals surface area contributed by atoms with Crippen molar-refractivity contribution in [3.63, 3.8) is 0 Å². The summed E-state index contributed by atoms with van der Waals surface area (Å²) in [4.78, 5) is 53.1. The molecule has 0 aromatic carbocycles. The Morgan fingerprint density at radius 2 is 1.65 bits per heavy atom. The predicted molar refractivity (Wildman–Crippen MR) is 162 cm³/mol. The first-order valence-electron chi connectivity index (χ1n) is 13.4. The second-order valence-corrected chi connectivity index (χ2v) is 15.7. The van der Waals surface area contributed by atoms with Gasteiger partial charge in [-0.25, -0.2) is 13.8 Å². The smallest absolute Gasteiger partial charge is 0.345 e. The Morgan fingerprint density at radius 3 is 2.12 bits per heavy atom. The molecule has 1 saturated heterocycles. The summed E-state index contributed by atoms with van der Waals surface area (Å²) in [5.41, 5.74) is 4.44. The topological polar surface area (TPSA) is 192 Å². The molecule has 1 aliphatic rings. The highest BCUT2D eigenvalue weighted by atomic mass is 32.2. The lowest BCUT2D eigenvalue weighted by atomic mass is 9.88. The number of hydrogen-bond acceptors (Lipinski definition) is 12. The van der Waals surface area contributed by atoms with Crippen molar-refractivity contribution in [2.75, 3.05) is 37.9 Å². The summed E-state index contributed by atoms with van der Waals surface area (Å²) in [7, 11) is -4.40. The molecule has 43 heavy (non-hydrogen) atoms. The summed E-state index contributed by atoms with van der Waals surface area (Å²) in [6.45, 7) is 10.5. The molecule has 0 bridgehead atoms. The highest BCUT2D eigenvalue weighted by Crippen LogP contribution is 2.53.